The molecule has 60 valence electrons. The van der Waals surface area contributed by atoms with Crippen LogP contribution in [0.4, 0.5) is 0 Å². The fraction of sp³-hybridized carbons (Fsp3) is 0.429. The zero-order valence-electron chi connectivity index (χ0n) is 6.45. The fourth-order valence-corrected chi connectivity index (χ4v) is 0.648. The second-order valence-corrected chi connectivity index (χ2v) is 1.95. The van der Waals surface area contributed by atoms with Crippen molar-refractivity contribution in [2.24, 2.45) is 0 Å². The third-order valence-electron chi connectivity index (χ3n) is 1.12. The Bertz CT molecular complexity index is 190. The predicted molar refractivity (Wildman–Crippen MR) is 40.5 cm³/mol. The fourth-order valence-electron chi connectivity index (χ4n) is 0.648. The Labute approximate surface area is 65.6 Å². The molecule has 0 saturated carbocycles. The topological polar surface area (TPSA) is 47.0 Å². The summed E-state index contributed by atoms with van der Waals surface area (Å²) in [4.78, 5) is 12.9. The maximum atomic E-state index is 4.92. The summed E-state index contributed by atoms with van der Waals surface area (Å²) in [5.41, 5.74) is 3.62. The van der Waals surface area contributed by atoms with Crippen LogP contribution in [0, 0.1) is 0 Å². The summed E-state index contributed by atoms with van der Waals surface area (Å²) < 4.78 is 0. The van der Waals surface area contributed by atoms with Gasteiger partial charge in [-0.3, -0.25) is 9.97 Å². The molecular formula is C7H11N3O. The molecule has 0 aliphatic rings. The Balaban J connectivity index is 2.28. The number of rotatable bonds is 4. The number of aromatic nitrogens is 2. The first kappa shape index (κ1) is 8.10. The highest BCUT2D eigenvalue weighted by molar-refractivity contribution is 4.92. The molecule has 0 unspecified atom stereocenters. The Hall–Kier alpha value is -1.00. The molecule has 11 heavy (non-hydrogen) atoms. The number of hydroxylamine groups is 1. The minimum atomic E-state index is 0.599. The maximum Gasteiger partial charge on any atom is 0.0748 e. The van der Waals surface area contributed by atoms with Gasteiger partial charge in [-0.25, -0.2) is 0 Å². The van der Waals surface area contributed by atoms with Gasteiger partial charge in [0.05, 0.1) is 18.8 Å². The van der Waals surface area contributed by atoms with Gasteiger partial charge in [0.2, 0.25) is 0 Å². The summed E-state index contributed by atoms with van der Waals surface area (Å²) in [6.07, 6.45) is 5.00. The van der Waals surface area contributed by atoms with Crippen LogP contribution in [0.2, 0.25) is 0 Å². The molecule has 1 heterocycles. The van der Waals surface area contributed by atoms with Gasteiger partial charge in [-0.1, -0.05) is 0 Å². The second kappa shape index (κ2) is 4.76. The SMILES string of the molecule is CCONCc1cnccn1. The Morgan fingerprint density at radius 3 is 3.09 bits per heavy atom. The van der Waals surface area contributed by atoms with Crippen molar-refractivity contribution in [3.8, 4) is 0 Å². The van der Waals surface area contributed by atoms with Crippen LogP contribution in [0.5, 0.6) is 0 Å². The number of hydrogen-bond donors (Lipinski definition) is 1. The molecule has 0 saturated heterocycles. The van der Waals surface area contributed by atoms with Crippen molar-refractivity contribution >= 4 is 0 Å². The van der Waals surface area contributed by atoms with E-state index in [-0.39, 0.29) is 0 Å². The zero-order chi connectivity index (χ0) is 7.94. The quantitative estimate of drug-likeness (QED) is 0.506. The molecule has 0 fully saturated rings. The van der Waals surface area contributed by atoms with E-state index in [2.05, 4.69) is 15.4 Å². The van der Waals surface area contributed by atoms with E-state index in [1.165, 1.54) is 0 Å². The van der Waals surface area contributed by atoms with Crippen molar-refractivity contribution in [3.63, 3.8) is 0 Å². The first-order valence-corrected chi connectivity index (χ1v) is 3.53. The van der Waals surface area contributed by atoms with Crippen molar-refractivity contribution < 1.29 is 4.84 Å². The molecule has 0 atom stereocenters. The van der Waals surface area contributed by atoms with Gasteiger partial charge in [0, 0.05) is 18.6 Å². The lowest BCUT2D eigenvalue weighted by atomic mass is 10.5. The summed E-state index contributed by atoms with van der Waals surface area (Å²) in [7, 11) is 0. The third kappa shape index (κ3) is 3.06. The molecule has 4 heteroatoms. The number of nitrogens with zero attached hydrogens (tertiary/aromatic N) is 2. The zero-order valence-corrected chi connectivity index (χ0v) is 6.45. The summed E-state index contributed by atoms with van der Waals surface area (Å²) in [5, 5.41) is 0. The summed E-state index contributed by atoms with van der Waals surface area (Å²) in [6, 6.07) is 0. The normalized spacial score (nSPS) is 9.91. The maximum absolute atomic E-state index is 4.92. The van der Waals surface area contributed by atoms with E-state index in [1.807, 2.05) is 6.92 Å². The van der Waals surface area contributed by atoms with Gasteiger partial charge in [0.1, 0.15) is 0 Å². The molecule has 0 aliphatic heterocycles. The van der Waals surface area contributed by atoms with Gasteiger partial charge >= 0.3 is 0 Å². The predicted octanol–water partition coefficient (Wildman–Crippen LogP) is 0.518. The average molecular weight is 153 g/mol. The lowest BCUT2D eigenvalue weighted by Crippen LogP contribution is -2.14. The highest BCUT2D eigenvalue weighted by atomic mass is 16.6. The molecule has 0 amide bonds. The van der Waals surface area contributed by atoms with Crippen LogP contribution in [-0.4, -0.2) is 16.6 Å². The van der Waals surface area contributed by atoms with Crippen LogP contribution in [0.1, 0.15) is 12.6 Å². The third-order valence-corrected chi connectivity index (χ3v) is 1.12. The number of hydrogen-bond acceptors (Lipinski definition) is 4. The summed E-state index contributed by atoms with van der Waals surface area (Å²) in [6.45, 7) is 3.17. The molecule has 0 bridgehead atoms. The van der Waals surface area contributed by atoms with E-state index in [9.17, 15) is 0 Å². The number of nitrogens with one attached hydrogen (secondary N) is 1. The molecule has 1 aromatic rings. The average Bonchev–Trinajstić information content (AvgIpc) is 2.07. The van der Waals surface area contributed by atoms with E-state index >= 15 is 0 Å². The van der Waals surface area contributed by atoms with Gasteiger partial charge in [-0.15, -0.1) is 0 Å². The lowest BCUT2D eigenvalue weighted by molar-refractivity contribution is 0.0455. The largest absolute Gasteiger partial charge is 0.302 e. The van der Waals surface area contributed by atoms with Crippen molar-refractivity contribution in [2.45, 2.75) is 13.5 Å². The van der Waals surface area contributed by atoms with E-state index in [0.29, 0.717) is 13.2 Å². The molecule has 0 aliphatic carbocycles. The summed E-state index contributed by atoms with van der Waals surface area (Å²) >= 11 is 0. The van der Waals surface area contributed by atoms with Crippen LogP contribution in [0.25, 0.3) is 0 Å². The first-order valence-electron chi connectivity index (χ1n) is 3.53. The second-order valence-electron chi connectivity index (χ2n) is 1.95. The van der Waals surface area contributed by atoms with Crippen LogP contribution in [-0.2, 0) is 11.4 Å². The van der Waals surface area contributed by atoms with E-state index in [0.717, 1.165) is 5.69 Å². The smallest absolute Gasteiger partial charge is 0.0748 e. The Kier molecular flexibility index (Phi) is 3.51. The molecule has 0 aromatic carbocycles. The van der Waals surface area contributed by atoms with Gasteiger partial charge in [-0.2, -0.15) is 5.48 Å². The van der Waals surface area contributed by atoms with Crippen molar-refractivity contribution in [1.29, 1.82) is 0 Å². The highest BCUT2D eigenvalue weighted by Crippen LogP contribution is 1.87. The van der Waals surface area contributed by atoms with E-state index in [4.69, 9.17) is 4.84 Å². The molecular weight excluding hydrogens is 142 g/mol. The van der Waals surface area contributed by atoms with E-state index in [1.54, 1.807) is 18.6 Å². The van der Waals surface area contributed by atoms with Crippen LogP contribution < -0.4 is 5.48 Å². The van der Waals surface area contributed by atoms with Gasteiger partial charge in [0.15, 0.2) is 0 Å². The van der Waals surface area contributed by atoms with E-state index < -0.39 is 0 Å². The Morgan fingerprint density at radius 1 is 1.55 bits per heavy atom. The monoisotopic (exact) mass is 153 g/mol. The van der Waals surface area contributed by atoms with Crippen LogP contribution in [0.15, 0.2) is 18.6 Å². The van der Waals surface area contributed by atoms with Crippen molar-refractivity contribution in [1.82, 2.24) is 15.4 Å². The standard InChI is InChI=1S/C7H11N3O/c1-2-11-10-6-7-5-8-3-4-9-7/h3-5,10H,2,6H2,1H3. The molecule has 1 rings (SSSR count). The van der Waals surface area contributed by atoms with Crippen LogP contribution in [0.3, 0.4) is 0 Å². The minimum absolute atomic E-state index is 0.599. The molecule has 0 radical (unpaired) electrons. The van der Waals surface area contributed by atoms with Crippen molar-refractivity contribution in [2.75, 3.05) is 6.61 Å². The molecule has 1 N–H and O–H groups in total. The van der Waals surface area contributed by atoms with Gasteiger partial charge in [0.25, 0.3) is 0 Å². The van der Waals surface area contributed by atoms with Gasteiger partial charge < -0.3 is 4.84 Å². The Morgan fingerprint density at radius 2 is 2.45 bits per heavy atom. The summed E-state index contributed by atoms with van der Waals surface area (Å²) in [5.74, 6) is 0. The molecule has 4 nitrogen and oxygen atoms in total. The first-order chi connectivity index (χ1) is 5.43. The minimum Gasteiger partial charge on any atom is -0.302 e. The van der Waals surface area contributed by atoms with Crippen LogP contribution >= 0.6 is 0 Å². The molecule has 1 aromatic heterocycles. The highest BCUT2D eigenvalue weighted by Gasteiger charge is 1.90. The lowest BCUT2D eigenvalue weighted by Gasteiger charge is -2.00. The molecule has 0 spiro atoms. The van der Waals surface area contributed by atoms with Gasteiger partial charge in [-0.05, 0) is 6.92 Å². The van der Waals surface area contributed by atoms with Crippen molar-refractivity contribution in [3.05, 3.63) is 24.3 Å².